The predicted molar refractivity (Wildman–Crippen MR) is 134 cm³/mol. The Balaban J connectivity index is 1.49. The molecule has 0 saturated heterocycles. The Morgan fingerprint density at radius 1 is 1.21 bits per heavy atom. The Kier molecular flexibility index (Phi) is 7.13. The molecule has 2 atom stereocenters. The van der Waals surface area contributed by atoms with Gasteiger partial charge in [-0.2, -0.15) is 9.78 Å². The number of rotatable bonds is 8. The van der Waals surface area contributed by atoms with Crippen LogP contribution in [0.1, 0.15) is 23.0 Å². The molecule has 3 heterocycles. The van der Waals surface area contributed by atoms with E-state index >= 15 is 0 Å². The maximum absolute atomic E-state index is 13.5. The van der Waals surface area contributed by atoms with Gasteiger partial charge in [0.25, 0.3) is 5.56 Å². The molecule has 2 aromatic heterocycles. The van der Waals surface area contributed by atoms with Crippen molar-refractivity contribution in [1.29, 1.82) is 0 Å². The molecular weight excluding hydrogens is 497 g/mol. The van der Waals surface area contributed by atoms with E-state index in [2.05, 4.69) is 20.6 Å². The van der Waals surface area contributed by atoms with Gasteiger partial charge in [0.05, 0.1) is 37.6 Å². The molecule has 0 bridgehead atoms. The molecule has 2 unspecified atom stereocenters. The van der Waals surface area contributed by atoms with E-state index in [-0.39, 0.29) is 31.6 Å². The van der Waals surface area contributed by atoms with Gasteiger partial charge in [0.15, 0.2) is 5.82 Å². The highest BCUT2D eigenvalue weighted by Crippen LogP contribution is 2.31. The van der Waals surface area contributed by atoms with Crippen LogP contribution in [0.4, 0.5) is 16.0 Å². The third-order valence-electron chi connectivity index (χ3n) is 6.27. The van der Waals surface area contributed by atoms with E-state index in [1.807, 2.05) is 11.5 Å². The first-order chi connectivity index (χ1) is 18.4. The number of methoxy groups -OCH3 is 1. The van der Waals surface area contributed by atoms with Crippen LogP contribution < -0.4 is 16.6 Å². The van der Waals surface area contributed by atoms with Gasteiger partial charge in [-0.3, -0.25) is 13.9 Å². The topological polar surface area (TPSA) is 138 Å². The molecule has 0 spiro atoms. The average Bonchev–Trinajstić information content (AvgIpc) is 3.32. The van der Waals surface area contributed by atoms with Gasteiger partial charge in [0.2, 0.25) is 5.95 Å². The van der Waals surface area contributed by atoms with Gasteiger partial charge in [-0.25, -0.2) is 9.18 Å². The maximum Gasteiger partial charge on any atom is 0.352 e. The highest BCUT2D eigenvalue weighted by atomic mass is 19.1. The number of aliphatic hydroxyl groups excluding tert-OH is 1. The van der Waals surface area contributed by atoms with Crippen LogP contribution in [-0.2, 0) is 22.6 Å². The van der Waals surface area contributed by atoms with Crippen molar-refractivity contribution < 1.29 is 19.0 Å². The predicted octanol–water partition coefficient (Wildman–Crippen LogP) is 1.30. The van der Waals surface area contributed by atoms with Crippen molar-refractivity contribution in [1.82, 2.24) is 29.1 Å². The molecule has 0 fully saturated rings. The van der Waals surface area contributed by atoms with Crippen LogP contribution in [0, 0.1) is 12.7 Å². The molecule has 0 aliphatic carbocycles. The summed E-state index contributed by atoms with van der Waals surface area (Å²) in [6.45, 7) is 2.27. The Bertz CT molecular complexity index is 1560. The van der Waals surface area contributed by atoms with Gasteiger partial charge in [-0.1, -0.05) is 18.2 Å². The van der Waals surface area contributed by atoms with Crippen LogP contribution in [0.15, 0.2) is 58.3 Å². The zero-order chi connectivity index (χ0) is 26.8. The van der Waals surface area contributed by atoms with Gasteiger partial charge in [-0.15, -0.1) is 10.2 Å². The SMILES string of the molecule is COCC(O)Cn1c(=O)cnn(-c2ccc(C)c(Nc3nnc4n3C(c3ccc(F)cc3)COC4)c2)c1=O. The summed E-state index contributed by atoms with van der Waals surface area (Å²) in [6.07, 6.45) is -0.00978. The van der Waals surface area contributed by atoms with E-state index in [9.17, 15) is 19.1 Å². The van der Waals surface area contributed by atoms with Gasteiger partial charge >= 0.3 is 5.69 Å². The van der Waals surface area contributed by atoms with Crippen LogP contribution in [0.25, 0.3) is 5.69 Å². The number of anilines is 2. The summed E-state index contributed by atoms with van der Waals surface area (Å²) in [5, 5.41) is 25.9. The Hall–Kier alpha value is -4.20. The number of ether oxygens (including phenoxy) is 2. The molecule has 13 heteroatoms. The smallest absolute Gasteiger partial charge is 0.352 e. The van der Waals surface area contributed by atoms with Gasteiger partial charge in [0.1, 0.15) is 18.6 Å². The number of fused-ring (bicyclic) bond motifs is 1. The lowest BCUT2D eigenvalue weighted by atomic mass is 10.1. The Morgan fingerprint density at radius 3 is 2.76 bits per heavy atom. The highest BCUT2D eigenvalue weighted by molar-refractivity contribution is 5.62. The number of nitrogens with zero attached hydrogens (tertiary/aromatic N) is 6. The third-order valence-corrected chi connectivity index (χ3v) is 6.27. The van der Waals surface area contributed by atoms with Crippen LogP contribution in [-0.4, -0.2) is 60.6 Å². The van der Waals surface area contributed by atoms with Crippen molar-refractivity contribution in [2.24, 2.45) is 0 Å². The normalized spacial score (nSPS) is 15.7. The zero-order valence-corrected chi connectivity index (χ0v) is 20.7. The van der Waals surface area contributed by atoms with Gasteiger partial charge in [0, 0.05) is 12.8 Å². The number of nitrogens with one attached hydrogen (secondary N) is 1. The molecule has 12 nitrogen and oxygen atoms in total. The molecule has 0 saturated carbocycles. The summed E-state index contributed by atoms with van der Waals surface area (Å²) in [6, 6.07) is 11.1. The Labute approximate surface area is 215 Å². The molecule has 38 heavy (non-hydrogen) atoms. The minimum Gasteiger partial charge on any atom is -0.389 e. The van der Waals surface area contributed by atoms with Crippen LogP contribution in [0.2, 0.25) is 0 Å². The number of aromatic nitrogens is 6. The van der Waals surface area contributed by atoms with Crippen LogP contribution >= 0.6 is 0 Å². The summed E-state index contributed by atoms with van der Waals surface area (Å²) < 4.78 is 28.0. The van der Waals surface area contributed by atoms with Crippen LogP contribution in [0.5, 0.6) is 0 Å². The lowest BCUT2D eigenvalue weighted by Gasteiger charge is -2.27. The molecular formula is C25H26FN7O5. The summed E-state index contributed by atoms with van der Waals surface area (Å²) in [5.41, 5.74) is 1.40. The summed E-state index contributed by atoms with van der Waals surface area (Å²) >= 11 is 0. The molecule has 0 radical (unpaired) electrons. The first-order valence-electron chi connectivity index (χ1n) is 11.9. The second-order valence-corrected chi connectivity index (χ2v) is 8.91. The van der Waals surface area contributed by atoms with E-state index in [1.165, 1.54) is 19.2 Å². The van der Waals surface area contributed by atoms with E-state index in [0.717, 1.165) is 26.6 Å². The minimum atomic E-state index is -1.03. The third kappa shape index (κ3) is 4.98. The van der Waals surface area contributed by atoms with Gasteiger partial charge in [-0.05, 0) is 42.3 Å². The van der Waals surface area contributed by atoms with Crippen molar-refractivity contribution in [3.8, 4) is 5.69 Å². The monoisotopic (exact) mass is 523 g/mol. The van der Waals surface area contributed by atoms with Crippen molar-refractivity contribution in [3.63, 3.8) is 0 Å². The number of aliphatic hydroxyl groups is 1. The van der Waals surface area contributed by atoms with Gasteiger partial charge < -0.3 is 19.9 Å². The molecule has 1 aliphatic rings. The lowest BCUT2D eigenvalue weighted by Crippen LogP contribution is -2.43. The number of aryl methyl sites for hydroxylation is 1. The molecule has 5 rings (SSSR count). The fourth-order valence-electron chi connectivity index (χ4n) is 4.33. The van der Waals surface area contributed by atoms with E-state index in [0.29, 0.717) is 29.8 Å². The first kappa shape index (κ1) is 25.4. The fourth-order valence-corrected chi connectivity index (χ4v) is 4.33. The summed E-state index contributed by atoms with van der Waals surface area (Å²) in [4.78, 5) is 25.4. The summed E-state index contributed by atoms with van der Waals surface area (Å²) in [5.74, 6) is 0.732. The largest absolute Gasteiger partial charge is 0.389 e. The standard InChI is InChI=1S/C25H26FN7O5/c1-15-3-8-18(33-25(36)31(23(35)10-27-33)11-19(34)12-37-2)9-20(15)28-24-30-29-22-14-38-13-21(32(22)24)16-4-6-17(26)7-5-16/h3-10,19,21,34H,11-14H2,1-2H3,(H,28,30). The van der Waals surface area contributed by atoms with Crippen molar-refractivity contribution >= 4 is 11.6 Å². The number of hydrogen-bond donors (Lipinski definition) is 2. The number of halogens is 1. The van der Waals surface area contributed by atoms with Crippen molar-refractivity contribution in [3.05, 3.63) is 92.3 Å². The molecule has 4 aromatic rings. The van der Waals surface area contributed by atoms with Crippen LogP contribution in [0.3, 0.4) is 0 Å². The number of hydrogen-bond acceptors (Lipinski definition) is 9. The van der Waals surface area contributed by atoms with E-state index in [4.69, 9.17) is 9.47 Å². The maximum atomic E-state index is 13.5. The quantitative estimate of drug-likeness (QED) is 0.350. The average molecular weight is 524 g/mol. The van der Waals surface area contributed by atoms with E-state index < -0.39 is 17.4 Å². The minimum absolute atomic E-state index is 0.0283. The molecule has 2 aromatic carbocycles. The molecule has 1 aliphatic heterocycles. The van der Waals surface area contributed by atoms with Crippen molar-refractivity contribution in [2.45, 2.75) is 32.2 Å². The van der Waals surface area contributed by atoms with E-state index in [1.54, 1.807) is 30.3 Å². The zero-order valence-electron chi connectivity index (χ0n) is 20.7. The fraction of sp³-hybridized carbons (Fsp3) is 0.320. The second kappa shape index (κ2) is 10.7. The highest BCUT2D eigenvalue weighted by Gasteiger charge is 2.27. The van der Waals surface area contributed by atoms with Crippen molar-refractivity contribution in [2.75, 3.05) is 25.6 Å². The molecule has 198 valence electrons. The summed E-state index contributed by atoms with van der Waals surface area (Å²) in [7, 11) is 1.42. The Morgan fingerprint density at radius 2 is 2.00 bits per heavy atom. The lowest BCUT2D eigenvalue weighted by molar-refractivity contribution is 0.0519. The molecule has 0 amide bonds. The molecule has 2 N–H and O–H groups in total. The second-order valence-electron chi connectivity index (χ2n) is 8.91. The first-order valence-corrected chi connectivity index (χ1v) is 11.9. The number of benzene rings is 2.